The molecule has 2 heterocycles. The second-order valence-electron chi connectivity index (χ2n) is 8.05. The number of nitrogens with zero attached hydrogens (tertiary/aromatic N) is 3. The summed E-state index contributed by atoms with van der Waals surface area (Å²) in [5, 5.41) is 12.0. The van der Waals surface area contributed by atoms with E-state index >= 15 is 0 Å². The third-order valence-corrected chi connectivity index (χ3v) is 5.76. The molecule has 0 radical (unpaired) electrons. The van der Waals surface area contributed by atoms with Gasteiger partial charge in [-0.15, -0.1) is 10.2 Å². The molecule has 0 amide bonds. The summed E-state index contributed by atoms with van der Waals surface area (Å²) in [5.41, 5.74) is 2.34. The molecule has 6 nitrogen and oxygen atoms in total. The van der Waals surface area contributed by atoms with Gasteiger partial charge >= 0.3 is 0 Å². The summed E-state index contributed by atoms with van der Waals surface area (Å²) in [7, 11) is 1.74. The van der Waals surface area contributed by atoms with Crippen molar-refractivity contribution in [1.29, 1.82) is 0 Å². The Morgan fingerprint density at radius 3 is 2.75 bits per heavy atom. The van der Waals surface area contributed by atoms with Gasteiger partial charge in [-0.1, -0.05) is 25.5 Å². The van der Waals surface area contributed by atoms with Gasteiger partial charge in [-0.25, -0.2) is 0 Å². The minimum Gasteiger partial charge on any atom is -0.421 e. The Kier molecular flexibility index (Phi) is 7.34. The van der Waals surface area contributed by atoms with Crippen LogP contribution in [0.15, 0.2) is 40.6 Å². The summed E-state index contributed by atoms with van der Waals surface area (Å²) in [6.07, 6.45) is 7.89. The van der Waals surface area contributed by atoms with Gasteiger partial charge in [0.2, 0.25) is 11.8 Å². The van der Waals surface area contributed by atoms with Gasteiger partial charge in [-0.3, -0.25) is 4.98 Å². The van der Waals surface area contributed by atoms with Crippen molar-refractivity contribution < 1.29 is 9.15 Å². The Balaban J connectivity index is 1.66. The van der Waals surface area contributed by atoms with E-state index in [4.69, 9.17) is 9.15 Å². The van der Waals surface area contributed by atoms with E-state index in [0.29, 0.717) is 35.5 Å². The summed E-state index contributed by atoms with van der Waals surface area (Å²) >= 11 is 0. The van der Waals surface area contributed by atoms with Crippen molar-refractivity contribution in [3.8, 4) is 11.5 Å². The van der Waals surface area contributed by atoms with Crippen LogP contribution in [0.25, 0.3) is 11.5 Å². The van der Waals surface area contributed by atoms with E-state index < -0.39 is 0 Å². The van der Waals surface area contributed by atoms with Crippen molar-refractivity contribution >= 4 is 0 Å². The average Bonchev–Trinajstić information content (AvgIpc) is 3.16. The van der Waals surface area contributed by atoms with Crippen LogP contribution in [0, 0.1) is 23.7 Å². The summed E-state index contributed by atoms with van der Waals surface area (Å²) in [6.45, 7) is 9.54. The number of pyridine rings is 1. The van der Waals surface area contributed by atoms with Gasteiger partial charge in [0.25, 0.3) is 0 Å². The van der Waals surface area contributed by atoms with Gasteiger partial charge in [0.1, 0.15) is 0 Å². The molecule has 3 unspecified atom stereocenters. The van der Waals surface area contributed by atoms with Gasteiger partial charge in [-0.2, -0.15) is 0 Å². The van der Waals surface area contributed by atoms with E-state index in [1.807, 2.05) is 12.1 Å². The van der Waals surface area contributed by atoms with Crippen LogP contribution in [0.2, 0.25) is 0 Å². The molecule has 0 bridgehead atoms. The van der Waals surface area contributed by atoms with Gasteiger partial charge in [0, 0.05) is 44.6 Å². The first-order chi connectivity index (χ1) is 13.6. The molecule has 0 aliphatic heterocycles. The number of aromatic nitrogens is 3. The molecule has 1 aliphatic rings. The van der Waals surface area contributed by atoms with Crippen molar-refractivity contribution in [3.63, 3.8) is 0 Å². The first-order valence-corrected chi connectivity index (χ1v) is 10.2. The summed E-state index contributed by atoms with van der Waals surface area (Å²) in [4.78, 5) is 4.04. The van der Waals surface area contributed by atoms with Gasteiger partial charge in [0.05, 0.1) is 6.61 Å². The van der Waals surface area contributed by atoms with Gasteiger partial charge < -0.3 is 14.5 Å². The quantitative estimate of drug-likeness (QED) is 0.524. The molecule has 1 N–H and O–H groups in total. The second-order valence-corrected chi connectivity index (χ2v) is 8.05. The standard InChI is InChI=1S/C22H32N4O2/c1-15(2)20-12-18(16(3)11-19(20)14-24-9-10-27-4)13-21-25-26-22(28-21)17-5-7-23-8-6-17/h5-8,11,15,18-20,24H,9-10,12-14H2,1-4H3. The van der Waals surface area contributed by atoms with Crippen molar-refractivity contribution in [2.24, 2.45) is 23.7 Å². The van der Waals surface area contributed by atoms with E-state index in [2.05, 4.69) is 47.3 Å². The molecular weight excluding hydrogens is 352 g/mol. The number of ether oxygens (including phenoxy) is 1. The van der Waals surface area contributed by atoms with E-state index in [1.54, 1.807) is 19.5 Å². The molecule has 0 saturated carbocycles. The molecule has 0 aromatic carbocycles. The zero-order valence-electron chi connectivity index (χ0n) is 17.4. The average molecular weight is 385 g/mol. The minimum atomic E-state index is 0.452. The molecule has 1 aliphatic carbocycles. The maximum absolute atomic E-state index is 5.93. The van der Waals surface area contributed by atoms with Gasteiger partial charge in [-0.05, 0) is 49.1 Å². The molecule has 3 atom stereocenters. The maximum Gasteiger partial charge on any atom is 0.247 e. The monoisotopic (exact) mass is 384 g/mol. The molecule has 2 aromatic rings. The van der Waals surface area contributed by atoms with Crippen molar-refractivity contribution in [2.45, 2.75) is 33.6 Å². The van der Waals surface area contributed by atoms with Crippen molar-refractivity contribution in [3.05, 3.63) is 42.1 Å². The Hall–Kier alpha value is -2.05. The lowest BCUT2D eigenvalue weighted by molar-refractivity contribution is 0.188. The van der Waals surface area contributed by atoms with E-state index in [9.17, 15) is 0 Å². The maximum atomic E-state index is 5.93. The molecule has 2 aromatic heterocycles. The fourth-order valence-electron chi connectivity index (χ4n) is 4.11. The highest BCUT2D eigenvalue weighted by Gasteiger charge is 2.32. The van der Waals surface area contributed by atoms with Gasteiger partial charge in [0.15, 0.2) is 0 Å². The molecule has 3 rings (SSSR count). The topological polar surface area (TPSA) is 73.1 Å². The summed E-state index contributed by atoms with van der Waals surface area (Å²) in [5.74, 6) is 3.57. The highest BCUT2D eigenvalue weighted by atomic mass is 16.5. The minimum absolute atomic E-state index is 0.452. The highest BCUT2D eigenvalue weighted by molar-refractivity contribution is 5.50. The molecule has 0 saturated heterocycles. The Morgan fingerprint density at radius 1 is 1.25 bits per heavy atom. The lowest BCUT2D eigenvalue weighted by Crippen LogP contribution is -2.35. The Bertz CT molecular complexity index is 757. The largest absolute Gasteiger partial charge is 0.421 e. The number of hydrogen-bond acceptors (Lipinski definition) is 6. The normalized spacial score (nSPS) is 22.5. The number of allylic oxidation sites excluding steroid dienone is 1. The van der Waals surface area contributed by atoms with Crippen LogP contribution < -0.4 is 5.32 Å². The number of hydrogen-bond donors (Lipinski definition) is 1. The predicted octanol–water partition coefficient (Wildman–Crippen LogP) is 3.76. The van der Waals surface area contributed by atoms with Crippen LogP contribution in [0.4, 0.5) is 0 Å². The lowest BCUT2D eigenvalue weighted by atomic mass is 9.70. The van der Waals surface area contributed by atoms with Crippen LogP contribution in [0.1, 0.15) is 33.1 Å². The third kappa shape index (κ3) is 5.26. The number of nitrogens with one attached hydrogen (secondary N) is 1. The van der Waals surface area contributed by atoms with Crippen LogP contribution >= 0.6 is 0 Å². The van der Waals surface area contributed by atoms with Crippen molar-refractivity contribution in [2.75, 3.05) is 26.8 Å². The van der Waals surface area contributed by atoms with Crippen molar-refractivity contribution in [1.82, 2.24) is 20.5 Å². The molecular formula is C22H32N4O2. The summed E-state index contributed by atoms with van der Waals surface area (Å²) in [6, 6.07) is 3.78. The zero-order chi connectivity index (χ0) is 19.9. The van der Waals surface area contributed by atoms with E-state index in [1.165, 1.54) is 5.57 Å². The predicted molar refractivity (Wildman–Crippen MR) is 110 cm³/mol. The fraction of sp³-hybridized carbons (Fsp3) is 0.591. The molecule has 0 fully saturated rings. The van der Waals surface area contributed by atoms with E-state index in [0.717, 1.165) is 38.1 Å². The first-order valence-electron chi connectivity index (χ1n) is 10.2. The van der Waals surface area contributed by atoms with E-state index in [-0.39, 0.29) is 0 Å². The molecule has 152 valence electrons. The van der Waals surface area contributed by atoms with Crippen LogP contribution in [0.3, 0.4) is 0 Å². The highest BCUT2D eigenvalue weighted by Crippen LogP contribution is 2.38. The molecule has 6 heteroatoms. The zero-order valence-corrected chi connectivity index (χ0v) is 17.4. The smallest absolute Gasteiger partial charge is 0.247 e. The second kappa shape index (κ2) is 9.94. The van der Waals surface area contributed by atoms with Crippen LogP contribution in [-0.2, 0) is 11.2 Å². The number of methoxy groups -OCH3 is 1. The third-order valence-electron chi connectivity index (χ3n) is 5.76. The Labute approximate surface area is 167 Å². The Morgan fingerprint density at radius 2 is 2.04 bits per heavy atom. The molecule has 28 heavy (non-hydrogen) atoms. The number of rotatable bonds is 9. The summed E-state index contributed by atoms with van der Waals surface area (Å²) < 4.78 is 11.1. The van der Waals surface area contributed by atoms with Crippen LogP contribution in [-0.4, -0.2) is 42.0 Å². The fourth-order valence-corrected chi connectivity index (χ4v) is 4.11. The SMILES string of the molecule is COCCNCC1C=C(C)C(Cc2nnc(-c3ccncc3)o2)CC1C(C)C. The first kappa shape index (κ1) is 20.7. The van der Waals surface area contributed by atoms with Crippen LogP contribution in [0.5, 0.6) is 0 Å². The lowest BCUT2D eigenvalue weighted by Gasteiger charge is -2.37. The molecule has 0 spiro atoms.